The van der Waals surface area contributed by atoms with Gasteiger partial charge in [0.15, 0.2) is 0 Å². The first-order chi connectivity index (χ1) is 8.02. The fraction of sp³-hybridized carbons (Fsp3) is 0.364. The van der Waals surface area contributed by atoms with Crippen LogP contribution in [0.5, 0.6) is 5.88 Å². The topological polar surface area (TPSA) is 78.8 Å². The van der Waals surface area contributed by atoms with Gasteiger partial charge in [0.05, 0.1) is 18.5 Å². The average Bonchev–Trinajstić information content (AvgIpc) is 2.52. The van der Waals surface area contributed by atoms with Crippen LogP contribution in [0.4, 0.5) is 5.95 Å². The maximum atomic E-state index is 5.65. The van der Waals surface area contributed by atoms with Crippen molar-refractivity contribution >= 4 is 5.95 Å². The van der Waals surface area contributed by atoms with Crippen molar-refractivity contribution in [2.24, 2.45) is 7.05 Å². The van der Waals surface area contributed by atoms with Crippen molar-refractivity contribution < 1.29 is 4.74 Å². The molecule has 0 aromatic carbocycles. The molecule has 6 nitrogen and oxygen atoms in total. The van der Waals surface area contributed by atoms with Gasteiger partial charge in [-0.05, 0) is 13.8 Å². The van der Waals surface area contributed by atoms with E-state index in [1.807, 2.05) is 25.6 Å². The Balaban J connectivity index is 2.63. The van der Waals surface area contributed by atoms with E-state index in [2.05, 4.69) is 15.1 Å². The van der Waals surface area contributed by atoms with Crippen LogP contribution < -0.4 is 10.5 Å². The van der Waals surface area contributed by atoms with Gasteiger partial charge in [0.2, 0.25) is 11.8 Å². The predicted octanol–water partition coefficient (Wildman–Crippen LogP) is 1.08. The highest BCUT2D eigenvalue weighted by Gasteiger charge is 2.14. The summed E-state index contributed by atoms with van der Waals surface area (Å²) in [5.74, 6) is 0.650. The largest absolute Gasteiger partial charge is 0.481 e. The fourth-order valence-electron chi connectivity index (χ4n) is 1.82. The lowest BCUT2D eigenvalue weighted by Gasteiger charge is -2.05. The second-order valence-corrected chi connectivity index (χ2v) is 3.82. The standard InChI is InChI=1S/C11H15N5O/c1-6-10(7(2)16(3)15-6)8-5-9(17-4)14-11(12)13-8/h5H,1-4H3,(H2,12,13,14). The third-order valence-corrected chi connectivity index (χ3v) is 2.69. The molecule has 2 rings (SSSR count). The molecule has 0 saturated carbocycles. The van der Waals surface area contributed by atoms with Crippen LogP contribution in [0.2, 0.25) is 0 Å². The van der Waals surface area contributed by atoms with Gasteiger partial charge in [0.1, 0.15) is 0 Å². The molecule has 0 amide bonds. The molecule has 0 spiro atoms. The number of hydrogen-bond donors (Lipinski definition) is 1. The highest BCUT2D eigenvalue weighted by atomic mass is 16.5. The molecule has 0 aliphatic rings. The normalized spacial score (nSPS) is 10.6. The number of nitrogens with two attached hydrogens (primary N) is 1. The van der Waals surface area contributed by atoms with Crippen LogP contribution in [0.1, 0.15) is 11.4 Å². The lowest BCUT2D eigenvalue weighted by Crippen LogP contribution is -2.00. The van der Waals surface area contributed by atoms with Gasteiger partial charge in [-0.25, -0.2) is 4.98 Å². The smallest absolute Gasteiger partial charge is 0.223 e. The summed E-state index contributed by atoms with van der Waals surface area (Å²) in [5, 5.41) is 4.35. The molecular weight excluding hydrogens is 218 g/mol. The molecule has 0 radical (unpaired) electrons. The number of nitrogen functional groups attached to an aromatic ring is 1. The van der Waals surface area contributed by atoms with E-state index in [0.29, 0.717) is 5.88 Å². The van der Waals surface area contributed by atoms with Crippen LogP contribution in [0.3, 0.4) is 0 Å². The average molecular weight is 233 g/mol. The molecule has 0 bridgehead atoms. The Morgan fingerprint density at radius 3 is 2.53 bits per heavy atom. The second-order valence-electron chi connectivity index (χ2n) is 3.82. The van der Waals surface area contributed by atoms with Crippen molar-refractivity contribution in [3.63, 3.8) is 0 Å². The SMILES string of the molecule is COc1cc(-c2c(C)nn(C)c2C)nc(N)n1. The third kappa shape index (κ3) is 1.93. The van der Waals surface area contributed by atoms with Gasteiger partial charge in [-0.1, -0.05) is 0 Å². The van der Waals surface area contributed by atoms with Gasteiger partial charge < -0.3 is 10.5 Å². The minimum Gasteiger partial charge on any atom is -0.481 e. The van der Waals surface area contributed by atoms with E-state index in [-0.39, 0.29) is 5.95 Å². The number of nitrogens with zero attached hydrogens (tertiary/aromatic N) is 4. The summed E-state index contributed by atoms with van der Waals surface area (Å²) in [5.41, 5.74) is 9.29. The van der Waals surface area contributed by atoms with E-state index in [1.165, 1.54) is 0 Å². The lowest BCUT2D eigenvalue weighted by molar-refractivity contribution is 0.398. The predicted molar refractivity (Wildman–Crippen MR) is 64.7 cm³/mol. The van der Waals surface area contributed by atoms with Gasteiger partial charge in [0, 0.05) is 24.4 Å². The molecule has 17 heavy (non-hydrogen) atoms. The molecular formula is C11H15N5O. The first-order valence-corrected chi connectivity index (χ1v) is 5.22. The summed E-state index contributed by atoms with van der Waals surface area (Å²) in [6.45, 7) is 3.92. The molecule has 0 unspecified atom stereocenters. The number of aryl methyl sites for hydroxylation is 2. The molecule has 0 atom stereocenters. The van der Waals surface area contributed by atoms with Crippen molar-refractivity contribution in [1.29, 1.82) is 0 Å². The highest BCUT2D eigenvalue weighted by Crippen LogP contribution is 2.27. The summed E-state index contributed by atoms with van der Waals surface area (Å²) in [4.78, 5) is 8.18. The zero-order valence-corrected chi connectivity index (χ0v) is 10.4. The first kappa shape index (κ1) is 11.4. The maximum absolute atomic E-state index is 5.65. The van der Waals surface area contributed by atoms with E-state index in [9.17, 15) is 0 Å². The first-order valence-electron chi connectivity index (χ1n) is 5.22. The van der Waals surface area contributed by atoms with Crippen LogP contribution in [-0.4, -0.2) is 26.9 Å². The third-order valence-electron chi connectivity index (χ3n) is 2.69. The van der Waals surface area contributed by atoms with Crippen molar-refractivity contribution in [2.75, 3.05) is 12.8 Å². The van der Waals surface area contributed by atoms with Crippen molar-refractivity contribution in [3.05, 3.63) is 17.5 Å². The molecule has 2 aromatic heterocycles. The molecule has 2 heterocycles. The quantitative estimate of drug-likeness (QED) is 0.839. The molecule has 2 N–H and O–H groups in total. The van der Waals surface area contributed by atoms with Gasteiger partial charge in [-0.3, -0.25) is 4.68 Å². The number of aromatic nitrogens is 4. The van der Waals surface area contributed by atoms with Gasteiger partial charge in [0.25, 0.3) is 0 Å². The van der Waals surface area contributed by atoms with Crippen LogP contribution in [0.15, 0.2) is 6.07 Å². The number of anilines is 1. The minimum atomic E-state index is 0.196. The molecule has 2 aromatic rings. The zero-order valence-electron chi connectivity index (χ0n) is 10.4. The fourth-order valence-corrected chi connectivity index (χ4v) is 1.82. The Morgan fingerprint density at radius 1 is 1.29 bits per heavy atom. The monoisotopic (exact) mass is 233 g/mol. The summed E-state index contributed by atoms with van der Waals surface area (Å²) in [7, 11) is 3.45. The number of rotatable bonds is 2. The Kier molecular flexibility index (Phi) is 2.71. The molecule has 6 heteroatoms. The van der Waals surface area contributed by atoms with E-state index in [1.54, 1.807) is 13.2 Å². The van der Waals surface area contributed by atoms with Gasteiger partial charge in [-0.2, -0.15) is 10.1 Å². The van der Waals surface area contributed by atoms with Gasteiger partial charge in [-0.15, -0.1) is 0 Å². The molecule has 90 valence electrons. The minimum absolute atomic E-state index is 0.196. The molecule has 0 fully saturated rings. The van der Waals surface area contributed by atoms with Crippen LogP contribution in [-0.2, 0) is 7.05 Å². The Labute approximate surface area is 99.4 Å². The second kappa shape index (κ2) is 4.04. The Morgan fingerprint density at radius 2 is 2.00 bits per heavy atom. The van der Waals surface area contributed by atoms with Crippen LogP contribution in [0, 0.1) is 13.8 Å². The van der Waals surface area contributed by atoms with Gasteiger partial charge >= 0.3 is 0 Å². The zero-order chi connectivity index (χ0) is 12.6. The van der Waals surface area contributed by atoms with E-state index in [4.69, 9.17) is 10.5 Å². The number of ether oxygens (including phenoxy) is 1. The van der Waals surface area contributed by atoms with Crippen molar-refractivity contribution in [3.8, 4) is 17.1 Å². The highest BCUT2D eigenvalue weighted by molar-refractivity contribution is 5.66. The summed E-state index contributed by atoms with van der Waals surface area (Å²) >= 11 is 0. The van der Waals surface area contributed by atoms with Crippen molar-refractivity contribution in [1.82, 2.24) is 19.7 Å². The maximum Gasteiger partial charge on any atom is 0.223 e. The molecule has 0 aliphatic carbocycles. The summed E-state index contributed by atoms with van der Waals surface area (Å²) in [6.07, 6.45) is 0. The van der Waals surface area contributed by atoms with E-state index >= 15 is 0 Å². The summed E-state index contributed by atoms with van der Waals surface area (Å²) in [6, 6.07) is 1.76. The van der Waals surface area contributed by atoms with Crippen LogP contribution in [0.25, 0.3) is 11.3 Å². The van der Waals surface area contributed by atoms with Crippen molar-refractivity contribution in [2.45, 2.75) is 13.8 Å². The molecule has 0 saturated heterocycles. The number of hydrogen-bond acceptors (Lipinski definition) is 5. The Bertz CT molecular complexity index is 561. The van der Waals surface area contributed by atoms with E-state index in [0.717, 1.165) is 22.6 Å². The lowest BCUT2D eigenvalue weighted by atomic mass is 10.1. The Hall–Kier alpha value is -2.11. The van der Waals surface area contributed by atoms with E-state index < -0.39 is 0 Å². The number of methoxy groups -OCH3 is 1. The molecule has 0 aliphatic heterocycles. The van der Waals surface area contributed by atoms with Crippen LogP contribution >= 0.6 is 0 Å². The summed E-state index contributed by atoms with van der Waals surface area (Å²) < 4.78 is 6.90.